The van der Waals surface area contributed by atoms with Gasteiger partial charge in [-0.05, 0) is 138 Å². The standard InChI is InChI=1S/C54H76N2O9/c1-26-45-40(62-52(26)15-14-46(3,4)64-52)18-34-30-12-10-28-16-36-38(22-48(28,6)32(30)19-41(58)50(34,45)8)55-37-17-29-11-13-31-33(49(29,7)23-39(37)56-36)20-42(59)51(9)35(31)21-44-53(51,61)27(2)54(63-44)43(60)24-47(5,25-57)65-54/h18,21,26-33,40-45,57-61H,10-17,19-20,22-25H2,1-9H3/t26-,27-,28-,29-,30+,31+,32-,33-,40?,41+,42+,43+,44-,45-,47-,48-,49-,50+,51+,52?,53+,54-/m0/s1. The maximum Gasteiger partial charge on any atom is 0.201 e. The lowest BCUT2D eigenvalue weighted by atomic mass is 9.44. The van der Waals surface area contributed by atoms with E-state index in [4.69, 9.17) is 28.9 Å². The van der Waals surface area contributed by atoms with Crippen LogP contribution in [-0.4, -0.2) is 101 Å². The number of nitrogens with zero attached hydrogens (tertiary/aromatic N) is 2. The van der Waals surface area contributed by atoms with Crippen molar-refractivity contribution in [3.63, 3.8) is 0 Å². The van der Waals surface area contributed by atoms with Crippen LogP contribution in [0.1, 0.15) is 143 Å². The Bertz CT molecular complexity index is 2320. The smallest absolute Gasteiger partial charge is 0.201 e. The Morgan fingerprint density at radius 2 is 1.29 bits per heavy atom. The van der Waals surface area contributed by atoms with E-state index in [1.807, 2.05) is 13.8 Å². The summed E-state index contributed by atoms with van der Waals surface area (Å²) in [6, 6.07) is 0. The molecule has 65 heavy (non-hydrogen) atoms. The number of hydrogen-bond acceptors (Lipinski definition) is 11. The van der Waals surface area contributed by atoms with E-state index < -0.39 is 58.5 Å². The largest absolute Gasteiger partial charge is 0.393 e. The summed E-state index contributed by atoms with van der Waals surface area (Å²) in [6.07, 6.45) is 13.0. The molecule has 5 heterocycles. The fourth-order valence-corrected chi connectivity index (χ4v) is 19.4. The van der Waals surface area contributed by atoms with Crippen molar-refractivity contribution in [2.75, 3.05) is 6.61 Å². The molecule has 22 atom stereocenters. The minimum Gasteiger partial charge on any atom is -0.393 e. The molecule has 0 aromatic carbocycles. The molecule has 13 rings (SSSR count). The molecule has 8 aliphatic carbocycles. The summed E-state index contributed by atoms with van der Waals surface area (Å²) in [5.74, 6) is -0.110. The van der Waals surface area contributed by atoms with Gasteiger partial charge in [-0.25, -0.2) is 0 Å². The van der Waals surface area contributed by atoms with Gasteiger partial charge in [0.15, 0.2) is 5.79 Å². The Morgan fingerprint density at radius 3 is 1.86 bits per heavy atom. The maximum atomic E-state index is 12.9. The predicted molar refractivity (Wildman–Crippen MR) is 240 cm³/mol. The first-order chi connectivity index (χ1) is 30.5. The molecule has 11 nitrogen and oxygen atoms in total. The summed E-state index contributed by atoms with van der Waals surface area (Å²) in [4.78, 5) is 11.2. The topological polar surface area (TPSA) is 164 Å². The zero-order chi connectivity index (χ0) is 45.6. The predicted octanol–water partition coefficient (Wildman–Crippen LogP) is 6.32. The molecular weight excluding hydrogens is 821 g/mol. The quantitative estimate of drug-likeness (QED) is 0.201. The molecule has 4 saturated carbocycles. The van der Waals surface area contributed by atoms with Crippen molar-refractivity contribution in [3.05, 3.63) is 46.1 Å². The van der Waals surface area contributed by atoms with Crippen LogP contribution in [0, 0.1) is 74.9 Å². The highest BCUT2D eigenvalue weighted by atomic mass is 16.7. The molecule has 5 N–H and O–H groups in total. The lowest BCUT2D eigenvalue weighted by Crippen LogP contribution is -2.65. The molecule has 0 amide bonds. The second-order valence-corrected chi connectivity index (χ2v) is 26.3. The first-order valence-corrected chi connectivity index (χ1v) is 26.0. The molecule has 1 aromatic heterocycles. The van der Waals surface area contributed by atoms with Gasteiger partial charge in [0, 0.05) is 41.4 Å². The minimum atomic E-state index is -1.48. The third-order valence-electron chi connectivity index (χ3n) is 23.2. The SMILES string of the molecule is C[C@@H]1[C@]2(O[C@H]3C=C4[C@@H]5CC[C@H]6Cc7nc8c(nc7C[C@]6(C)[C@H]5C[C@@H](O)[C@]4(C)[C@]31O)C[C@@H]1CC[C@H]3C4=CC5OC6(CCC(C)(C)O6)[C@@H](C)[C@@H]5[C@@]4(C)[C@H](O)C[C@@H]3[C@@]1(C)C8)O[C@](C)(CO)C[C@H]2O. The molecule has 4 saturated heterocycles. The third kappa shape index (κ3) is 5.01. The van der Waals surface area contributed by atoms with Crippen LogP contribution in [0.3, 0.4) is 0 Å². The maximum absolute atomic E-state index is 12.9. The molecule has 2 unspecified atom stereocenters. The van der Waals surface area contributed by atoms with Crippen LogP contribution >= 0.6 is 0 Å². The summed E-state index contributed by atoms with van der Waals surface area (Å²) < 4.78 is 26.7. The van der Waals surface area contributed by atoms with Gasteiger partial charge in [0.05, 0.1) is 58.9 Å². The Morgan fingerprint density at radius 1 is 0.692 bits per heavy atom. The van der Waals surface area contributed by atoms with Gasteiger partial charge < -0.3 is 44.5 Å². The highest BCUT2D eigenvalue weighted by molar-refractivity contribution is 5.44. The Balaban J connectivity index is 0.769. The fourth-order valence-electron chi connectivity index (χ4n) is 19.4. The van der Waals surface area contributed by atoms with E-state index in [0.29, 0.717) is 30.1 Å². The van der Waals surface area contributed by atoms with Crippen molar-refractivity contribution >= 4 is 0 Å². The minimum absolute atomic E-state index is 0.0117. The van der Waals surface area contributed by atoms with Gasteiger partial charge in [0.1, 0.15) is 17.8 Å². The number of aliphatic hydroxyl groups is 5. The lowest BCUT2D eigenvalue weighted by molar-refractivity contribution is -0.280. The second-order valence-electron chi connectivity index (χ2n) is 26.3. The van der Waals surface area contributed by atoms with Gasteiger partial charge in [-0.1, -0.05) is 64.8 Å². The highest BCUT2D eigenvalue weighted by Crippen LogP contribution is 2.73. The van der Waals surface area contributed by atoms with Crippen LogP contribution in [0.4, 0.5) is 0 Å². The molecule has 356 valence electrons. The molecule has 1 aromatic rings. The van der Waals surface area contributed by atoms with Crippen molar-refractivity contribution in [3.8, 4) is 0 Å². The fraction of sp³-hybridized carbons (Fsp3) is 0.852. The van der Waals surface area contributed by atoms with Crippen molar-refractivity contribution in [2.24, 2.45) is 74.9 Å². The van der Waals surface area contributed by atoms with E-state index in [9.17, 15) is 25.5 Å². The van der Waals surface area contributed by atoms with E-state index in [1.54, 1.807) is 6.92 Å². The number of fused-ring (bicyclic) bond motifs is 16. The van der Waals surface area contributed by atoms with Gasteiger partial charge in [-0.3, -0.25) is 9.97 Å². The molecule has 11 heteroatoms. The van der Waals surface area contributed by atoms with Crippen molar-refractivity contribution in [1.29, 1.82) is 0 Å². The highest BCUT2D eigenvalue weighted by Gasteiger charge is 2.79. The Labute approximate surface area is 385 Å². The molecule has 0 radical (unpaired) electrons. The van der Waals surface area contributed by atoms with Gasteiger partial charge in [0.25, 0.3) is 0 Å². The summed E-state index contributed by atoms with van der Waals surface area (Å²) >= 11 is 0. The average molecular weight is 897 g/mol. The summed E-state index contributed by atoms with van der Waals surface area (Å²) in [5, 5.41) is 59.4. The molecule has 2 spiro atoms. The molecule has 0 bridgehead atoms. The summed E-state index contributed by atoms with van der Waals surface area (Å²) in [7, 11) is 0. The monoisotopic (exact) mass is 897 g/mol. The van der Waals surface area contributed by atoms with E-state index in [2.05, 4.69) is 53.7 Å². The van der Waals surface area contributed by atoms with Crippen molar-refractivity contribution in [2.45, 2.75) is 205 Å². The summed E-state index contributed by atoms with van der Waals surface area (Å²) in [5.41, 5.74) is 3.25. The molecule has 12 aliphatic rings. The van der Waals surface area contributed by atoms with Crippen LogP contribution in [0.15, 0.2) is 23.3 Å². The number of rotatable bonds is 1. The normalized spacial score (nSPS) is 58.4. The van der Waals surface area contributed by atoms with Crippen molar-refractivity contribution < 1.29 is 44.5 Å². The molecular formula is C54H76N2O9. The van der Waals surface area contributed by atoms with Gasteiger partial charge >= 0.3 is 0 Å². The zero-order valence-electron chi connectivity index (χ0n) is 40.4. The summed E-state index contributed by atoms with van der Waals surface area (Å²) in [6.45, 7) is 19.4. The second kappa shape index (κ2) is 12.9. The van der Waals surface area contributed by atoms with Crippen LogP contribution in [0.2, 0.25) is 0 Å². The molecule has 4 aliphatic heterocycles. The van der Waals surface area contributed by atoms with Crippen molar-refractivity contribution in [1.82, 2.24) is 9.97 Å². The number of ether oxygens (including phenoxy) is 4. The molecule has 8 fully saturated rings. The Hall–Kier alpha value is -1.80. The Kier molecular flexibility index (Phi) is 8.60. The first kappa shape index (κ1) is 43.2. The van der Waals surface area contributed by atoms with Gasteiger partial charge in [-0.15, -0.1) is 0 Å². The van der Waals surface area contributed by atoms with Crippen LogP contribution in [0.25, 0.3) is 0 Å². The van der Waals surface area contributed by atoms with E-state index in [-0.39, 0.29) is 64.6 Å². The van der Waals surface area contributed by atoms with Crippen LogP contribution in [-0.2, 0) is 44.6 Å². The van der Waals surface area contributed by atoms with E-state index in [0.717, 1.165) is 81.9 Å². The zero-order valence-corrected chi connectivity index (χ0v) is 40.4. The number of hydrogen-bond donors (Lipinski definition) is 5. The average Bonchev–Trinajstić information content (AvgIpc) is 4.00. The van der Waals surface area contributed by atoms with E-state index >= 15 is 0 Å². The van der Waals surface area contributed by atoms with Crippen LogP contribution < -0.4 is 0 Å². The van der Waals surface area contributed by atoms with E-state index in [1.165, 1.54) is 22.7 Å². The van der Waals surface area contributed by atoms with Gasteiger partial charge in [0.2, 0.25) is 5.79 Å². The lowest BCUT2D eigenvalue weighted by Gasteiger charge is -2.61. The first-order valence-electron chi connectivity index (χ1n) is 26.0. The number of aliphatic hydroxyl groups excluding tert-OH is 4. The third-order valence-corrected chi connectivity index (χ3v) is 23.2. The number of aromatic nitrogens is 2. The van der Waals surface area contributed by atoms with Crippen LogP contribution in [0.5, 0.6) is 0 Å². The van der Waals surface area contributed by atoms with Gasteiger partial charge in [-0.2, -0.15) is 0 Å².